The summed E-state index contributed by atoms with van der Waals surface area (Å²) in [5.74, 6) is 0. The molecule has 0 spiro atoms. The lowest BCUT2D eigenvalue weighted by molar-refractivity contribution is 0.929. The fourth-order valence-electron chi connectivity index (χ4n) is 2.60. The van der Waals surface area contributed by atoms with Gasteiger partial charge in [0.15, 0.2) is 4.77 Å². The number of rotatable bonds is 1. The Kier molecular flexibility index (Phi) is 3.26. The number of benzene rings is 2. The Bertz CT molecular complexity index is 967. The van der Waals surface area contributed by atoms with E-state index in [1.54, 1.807) is 4.57 Å². The van der Waals surface area contributed by atoms with Crippen LogP contribution in [0.3, 0.4) is 0 Å². The highest BCUT2D eigenvalue weighted by Gasteiger charge is 2.09. The molecule has 0 amide bonds. The number of aromatic nitrogens is 2. The van der Waals surface area contributed by atoms with E-state index >= 15 is 0 Å². The first-order valence-corrected chi connectivity index (χ1v) is 7.21. The summed E-state index contributed by atoms with van der Waals surface area (Å²) in [6.07, 6.45) is 0. The predicted molar refractivity (Wildman–Crippen MR) is 88.9 cm³/mol. The lowest BCUT2D eigenvalue weighted by Crippen LogP contribution is -2.21. The minimum absolute atomic E-state index is 0.0793. The van der Waals surface area contributed by atoms with Crippen LogP contribution in [0.2, 0.25) is 0 Å². The third-order valence-corrected chi connectivity index (χ3v) is 3.93. The zero-order valence-electron chi connectivity index (χ0n) is 12.2. The van der Waals surface area contributed by atoms with Gasteiger partial charge in [0.1, 0.15) is 0 Å². The fourth-order valence-corrected chi connectivity index (χ4v) is 2.89. The fraction of sp³-hybridized carbons (Fsp3) is 0.176. The Hall–Kier alpha value is -2.20. The van der Waals surface area contributed by atoms with E-state index < -0.39 is 0 Å². The van der Waals surface area contributed by atoms with Crippen LogP contribution in [0.5, 0.6) is 0 Å². The summed E-state index contributed by atoms with van der Waals surface area (Å²) in [4.78, 5) is 16.0. The van der Waals surface area contributed by atoms with Gasteiger partial charge >= 0.3 is 0 Å². The quantitative estimate of drug-likeness (QED) is 0.690. The van der Waals surface area contributed by atoms with Gasteiger partial charge in [0.25, 0.3) is 5.56 Å². The normalized spacial score (nSPS) is 11.0. The van der Waals surface area contributed by atoms with Gasteiger partial charge in [0.05, 0.1) is 16.6 Å². The summed E-state index contributed by atoms with van der Waals surface area (Å²) < 4.78 is 2.00. The second kappa shape index (κ2) is 4.97. The Morgan fingerprint density at radius 1 is 1.00 bits per heavy atom. The molecule has 0 saturated heterocycles. The highest BCUT2D eigenvalue weighted by molar-refractivity contribution is 7.71. The average Bonchev–Trinajstić information content (AvgIpc) is 2.42. The summed E-state index contributed by atoms with van der Waals surface area (Å²) in [6, 6.07) is 11.7. The largest absolute Gasteiger partial charge is 0.331 e. The lowest BCUT2D eigenvalue weighted by atomic mass is 10.1. The Morgan fingerprint density at radius 3 is 2.38 bits per heavy atom. The van der Waals surface area contributed by atoms with E-state index in [1.165, 1.54) is 0 Å². The number of H-pyrrole nitrogens is 1. The molecule has 3 aromatic rings. The summed E-state index contributed by atoms with van der Waals surface area (Å²) in [5, 5.41) is 0.656. The van der Waals surface area contributed by atoms with Gasteiger partial charge < -0.3 is 4.98 Å². The van der Waals surface area contributed by atoms with Crippen LogP contribution in [0.4, 0.5) is 0 Å². The molecule has 2 aromatic carbocycles. The summed E-state index contributed by atoms with van der Waals surface area (Å²) >= 11 is 5.38. The van der Waals surface area contributed by atoms with E-state index in [1.807, 2.05) is 51.1 Å². The third-order valence-electron chi connectivity index (χ3n) is 3.65. The molecule has 3 nitrogen and oxygen atoms in total. The average molecular weight is 296 g/mol. The van der Waals surface area contributed by atoms with Crippen molar-refractivity contribution in [1.29, 1.82) is 0 Å². The van der Waals surface area contributed by atoms with Gasteiger partial charge in [-0.1, -0.05) is 29.3 Å². The van der Waals surface area contributed by atoms with Crippen LogP contribution in [-0.4, -0.2) is 9.55 Å². The van der Waals surface area contributed by atoms with Gasteiger partial charge in [-0.15, -0.1) is 0 Å². The van der Waals surface area contributed by atoms with Crippen molar-refractivity contribution in [3.8, 4) is 5.69 Å². The van der Waals surface area contributed by atoms with Crippen molar-refractivity contribution >= 4 is 23.1 Å². The SMILES string of the molecule is Cc1ccc(-n2c(=S)[nH]c3ccc(C)cc3c2=O)c(C)c1. The molecule has 0 aliphatic carbocycles. The van der Waals surface area contributed by atoms with Crippen LogP contribution in [0.1, 0.15) is 16.7 Å². The maximum Gasteiger partial charge on any atom is 0.266 e. The van der Waals surface area contributed by atoms with Crippen LogP contribution in [0, 0.1) is 25.5 Å². The molecular weight excluding hydrogens is 280 g/mol. The van der Waals surface area contributed by atoms with Crippen molar-refractivity contribution < 1.29 is 0 Å². The second-order valence-electron chi connectivity index (χ2n) is 5.41. The van der Waals surface area contributed by atoms with Crippen LogP contribution in [0.25, 0.3) is 16.6 Å². The monoisotopic (exact) mass is 296 g/mol. The Labute approximate surface area is 127 Å². The highest BCUT2D eigenvalue weighted by atomic mass is 32.1. The molecule has 1 heterocycles. The summed E-state index contributed by atoms with van der Waals surface area (Å²) in [6.45, 7) is 6.00. The maximum atomic E-state index is 12.8. The molecule has 0 unspecified atom stereocenters. The highest BCUT2D eigenvalue weighted by Crippen LogP contribution is 2.16. The number of nitrogens with one attached hydrogen (secondary N) is 1. The molecule has 0 radical (unpaired) electrons. The van der Waals surface area contributed by atoms with Crippen molar-refractivity contribution in [2.24, 2.45) is 0 Å². The number of nitrogens with zero attached hydrogens (tertiary/aromatic N) is 1. The Morgan fingerprint density at radius 2 is 1.67 bits per heavy atom. The standard InChI is InChI=1S/C17H16N2OS/c1-10-5-7-15(12(3)8-10)19-16(20)13-9-11(2)4-6-14(13)18-17(19)21/h4-9H,1-3H3,(H,18,21). The van der Waals surface area contributed by atoms with Crippen LogP contribution in [0.15, 0.2) is 41.2 Å². The van der Waals surface area contributed by atoms with E-state index in [2.05, 4.69) is 11.1 Å². The molecule has 3 rings (SSSR count). The summed E-state index contributed by atoms with van der Waals surface area (Å²) in [5.41, 5.74) is 4.77. The molecule has 0 atom stereocenters. The maximum absolute atomic E-state index is 12.8. The number of fused-ring (bicyclic) bond motifs is 1. The van der Waals surface area contributed by atoms with Gasteiger partial charge in [-0.25, -0.2) is 0 Å². The zero-order valence-corrected chi connectivity index (χ0v) is 13.0. The van der Waals surface area contributed by atoms with E-state index in [9.17, 15) is 4.79 Å². The van der Waals surface area contributed by atoms with Crippen molar-refractivity contribution in [1.82, 2.24) is 9.55 Å². The number of aromatic amines is 1. The van der Waals surface area contributed by atoms with E-state index in [0.717, 1.165) is 27.9 Å². The van der Waals surface area contributed by atoms with Crippen molar-refractivity contribution in [3.05, 3.63) is 68.2 Å². The molecule has 0 saturated carbocycles. The third kappa shape index (κ3) is 2.32. The van der Waals surface area contributed by atoms with E-state index in [4.69, 9.17) is 12.2 Å². The van der Waals surface area contributed by atoms with Crippen molar-refractivity contribution in [3.63, 3.8) is 0 Å². The van der Waals surface area contributed by atoms with Crippen LogP contribution in [-0.2, 0) is 0 Å². The first kappa shape index (κ1) is 13.8. The molecule has 0 fully saturated rings. The molecule has 1 N–H and O–H groups in total. The lowest BCUT2D eigenvalue weighted by Gasteiger charge is -2.11. The first-order valence-electron chi connectivity index (χ1n) is 6.81. The van der Waals surface area contributed by atoms with Gasteiger partial charge in [-0.2, -0.15) is 0 Å². The topological polar surface area (TPSA) is 37.8 Å². The summed E-state index contributed by atoms with van der Waals surface area (Å²) in [7, 11) is 0. The molecule has 4 heteroatoms. The van der Waals surface area contributed by atoms with Crippen LogP contribution >= 0.6 is 12.2 Å². The molecule has 0 aliphatic rings. The molecule has 21 heavy (non-hydrogen) atoms. The molecule has 0 aliphatic heterocycles. The Balaban J connectivity index is 2.43. The number of aryl methyl sites for hydroxylation is 3. The van der Waals surface area contributed by atoms with Crippen molar-refractivity contribution in [2.75, 3.05) is 0 Å². The molecule has 106 valence electrons. The van der Waals surface area contributed by atoms with Gasteiger partial charge in [-0.3, -0.25) is 9.36 Å². The van der Waals surface area contributed by atoms with E-state index in [-0.39, 0.29) is 5.56 Å². The van der Waals surface area contributed by atoms with Crippen molar-refractivity contribution in [2.45, 2.75) is 20.8 Å². The first-order chi connectivity index (χ1) is 9.97. The van der Waals surface area contributed by atoms with Gasteiger partial charge in [-0.05, 0) is 56.8 Å². The number of hydrogen-bond acceptors (Lipinski definition) is 2. The molecular formula is C17H16N2OS. The van der Waals surface area contributed by atoms with Crippen LogP contribution < -0.4 is 5.56 Å². The zero-order chi connectivity index (χ0) is 15.1. The minimum atomic E-state index is -0.0793. The molecule has 1 aromatic heterocycles. The molecule has 0 bridgehead atoms. The second-order valence-corrected chi connectivity index (χ2v) is 5.80. The number of hydrogen-bond donors (Lipinski definition) is 1. The smallest absolute Gasteiger partial charge is 0.266 e. The predicted octanol–water partition coefficient (Wildman–Crippen LogP) is 3.97. The minimum Gasteiger partial charge on any atom is -0.331 e. The van der Waals surface area contributed by atoms with Gasteiger partial charge in [0, 0.05) is 0 Å². The van der Waals surface area contributed by atoms with Gasteiger partial charge in [0.2, 0.25) is 0 Å². The van der Waals surface area contributed by atoms with E-state index in [0.29, 0.717) is 10.2 Å².